The molecule has 0 fully saturated rings. The van der Waals surface area contributed by atoms with Crippen molar-refractivity contribution in [3.63, 3.8) is 0 Å². The van der Waals surface area contributed by atoms with Crippen LogP contribution in [0.5, 0.6) is 11.5 Å². The largest absolute Gasteiger partial charge is 0.490 e. The molecule has 0 N–H and O–H groups in total. The molecule has 0 amide bonds. The molecule has 2 rings (SSSR count). The molecule has 6 heteroatoms. The number of esters is 1. The number of fused-ring (bicyclic) bond motifs is 1. The molecule has 0 aliphatic heterocycles. The SMILES string of the molecule is C/C=[N+](/CC(=O)c1cc(OC(C)=O)c2ccccc2c1OCCOC)C(C)=C(C)C. The van der Waals surface area contributed by atoms with Gasteiger partial charge in [-0.3, -0.25) is 9.59 Å². The fourth-order valence-electron chi connectivity index (χ4n) is 3.08. The zero-order chi connectivity index (χ0) is 22.3. The van der Waals surface area contributed by atoms with Gasteiger partial charge in [0, 0.05) is 38.7 Å². The monoisotopic (exact) mass is 412 g/mol. The van der Waals surface area contributed by atoms with Crippen LogP contribution in [0.3, 0.4) is 0 Å². The number of benzene rings is 2. The van der Waals surface area contributed by atoms with E-state index in [0.717, 1.165) is 11.3 Å². The lowest BCUT2D eigenvalue weighted by molar-refractivity contribution is -0.458. The number of carbonyl (C=O) groups excluding carboxylic acids is 2. The summed E-state index contributed by atoms with van der Waals surface area (Å²) < 4.78 is 18.4. The summed E-state index contributed by atoms with van der Waals surface area (Å²) in [5.74, 6) is 0.219. The molecular weight excluding hydrogens is 382 g/mol. The Morgan fingerprint density at radius 3 is 2.27 bits per heavy atom. The number of allylic oxidation sites excluding steroid dienone is 2. The summed E-state index contributed by atoms with van der Waals surface area (Å²) in [5.41, 5.74) is 2.50. The number of Topliss-reactive ketones (excluding diaryl/α,β-unsaturated/α-hetero) is 1. The summed E-state index contributed by atoms with van der Waals surface area (Å²) in [6.07, 6.45) is 1.87. The van der Waals surface area contributed by atoms with E-state index < -0.39 is 5.97 Å². The van der Waals surface area contributed by atoms with E-state index in [1.807, 2.05) is 62.8 Å². The van der Waals surface area contributed by atoms with Gasteiger partial charge in [-0.05, 0) is 25.5 Å². The van der Waals surface area contributed by atoms with Gasteiger partial charge in [-0.2, -0.15) is 4.58 Å². The molecule has 0 aromatic heterocycles. The average Bonchev–Trinajstić information content (AvgIpc) is 2.72. The third kappa shape index (κ3) is 5.54. The minimum Gasteiger partial charge on any atom is -0.490 e. The van der Waals surface area contributed by atoms with Gasteiger partial charge in [0.2, 0.25) is 12.3 Å². The van der Waals surface area contributed by atoms with Gasteiger partial charge in [0.1, 0.15) is 24.3 Å². The lowest BCUT2D eigenvalue weighted by Crippen LogP contribution is -2.22. The van der Waals surface area contributed by atoms with Crippen molar-refractivity contribution in [1.82, 2.24) is 0 Å². The number of ketones is 1. The number of methoxy groups -OCH3 is 1. The van der Waals surface area contributed by atoms with E-state index in [4.69, 9.17) is 14.2 Å². The van der Waals surface area contributed by atoms with Crippen LogP contribution in [0.2, 0.25) is 0 Å². The first-order valence-electron chi connectivity index (χ1n) is 9.89. The standard InChI is InChI=1S/C24H30NO5/c1-7-25(17(4)16(2)3)15-22(27)21-14-23(30-18(5)26)19-10-8-9-11-20(19)24(21)29-13-12-28-6/h7-11,14H,12-13,15H2,1-6H3/q+1/b25-7-. The molecule has 6 nitrogen and oxygen atoms in total. The summed E-state index contributed by atoms with van der Waals surface area (Å²) in [6, 6.07) is 9.00. The number of nitrogens with zero attached hydrogens (tertiary/aromatic N) is 1. The normalized spacial score (nSPS) is 11.3. The van der Waals surface area contributed by atoms with Gasteiger partial charge < -0.3 is 14.2 Å². The van der Waals surface area contributed by atoms with Crippen LogP contribution in [0.15, 0.2) is 41.6 Å². The fraction of sp³-hybridized carbons (Fsp3) is 0.375. The number of hydrogen-bond acceptors (Lipinski definition) is 5. The molecule has 0 radical (unpaired) electrons. The van der Waals surface area contributed by atoms with Crippen molar-refractivity contribution in [3.05, 3.63) is 47.2 Å². The molecule has 2 aromatic carbocycles. The van der Waals surface area contributed by atoms with Crippen molar-refractivity contribution < 1.29 is 28.4 Å². The highest BCUT2D eigenvalue weighted by atomic mass is 16.5. The van der Waals surface area contributed by atoms with Crippen molar-refractivity contribution in [2.45, 2.75) is 34.6 Å². The maximum atomic E-state index is 13.3. The second-order valence-electron chi connectivity index (χ2n) is 7.13. The van der Waals surface area contributed by atoms with Gasteiger partial charge in [0.25, 0.3) is 0 Å². The minimum atomic E-state index is -0.449. The van der Waals surface area contributed by atoms with E-state index >= 15 is 0 Å². The molecule has 0 aliphatic rings. The predicted octanol–water partition coefficient (Wildman–Crippen LogP) is 4.39. The number of ether oxygens (including phenoxy) is 3. The Morgan fingerprint density at radius 2 is 1.70 bits per heavy atom. The van der Waals surface area contributed by atoms with Crippen LogP contribution in [0, 0.1) is 0 Å². The van der Waals surface area contributed by atoms with Crippen molar-refractivity contribution in [2.75, 3.05) is 26.9 Å². The van der Waals surface area contributed by atoms with Crippen molar-refractivity contribution >= 4 is 28.7 Å². The van der Waals surface area contributed by atoms with E-state index in [-0.39, 0.29) is 12.3 Å². The van der Waals surface area contributed by atoms with Crippen LogP contribution in [0.25, 0.3) is 10.8 Å². The second kappa shape index (κ2) is 10.7. The lowest BCUT2D eigenvalue weighted by Gasteiger charge is -2.16. The molecule has 0 aliphatic carbocycles. The molecule has 0 spiro atoms. The van der Waals surface area contributed by atoms with Crippen molar-refractivity contribution in [1.29, 1.82) is 0 Å². The number of rotatable bonds is 9. The second-order valence-corrected chi connectivity index (χ2v) is 7.13. The third-order valence-electron chi connectivity index (χ3n) is 4.83. The maximum absolute atomic E-state index is 13.3. The maximum Gasteiger partial charge on any atom is 0.308 e. The quantitative estimate of drug-likeness (QED) is 0.153. The molecule has 0 unspecified atom stereocenters. The van der Waals surface area contributed by atoms with Gasteiger partial charge in [-0.25, -0.2) is 0 Å². The van der Waals surface area contributed by atoms with Crippen LogP contribution >= 0.6 is 0 Å². The molecule has 30 heavy (non-hydrogen) atoms. The van der Waals surface area contributed by atoms with Crippen LogP contribution in [-0.2, 0) is 9.53 Å². The minimum absolute atomic E-state index is 0.139. The van der Waals surface area contributed by atoms with E-state index in [1.54, 1.807) is 13.2 Å². The van der Waals surface area contributed by atoms with E-state index in [2.05, 4.69) is 0 Å². The Morgan fingerprint density at radius 1 is 1.03 bits per heavy atom. The average molecular weight is 413 g/mol. The molecule has 0 saturated carbocycles. The van der Waals surface area contributed by atoms with Gasteiger partial charge in [0.05, 0.1) is 12.2 Å². The Labute approximate surface area is 177 Å². The van der Waals surface area contributed by atoms with Crippen molar-refractivity contribution in [3.8, 4) is 11.5 Å². The van der Waals surface area contributed by atoms with E-state index in [0.29, 0.717) is 41.0 Å². The first-order chi connectivity index (χ1) is 14.3. The first kappa shape index (κ1) is 23.3. The highest BCUT2D eigenvalue weighted by molar-refractivity contribution is 6.08. The molecule has 0 saturated heterocycles. The molecular formula is C24H30NO5+. The summed E-state index contributed by atoms with van der Waals surface area (Å²) >= 11 is 0. The molecule has 0 heterocycles. The first-order valence-corrected chi connectivity index (χ1v) is 9.89. The summed E-state index contributed by atoms with van der Waals surface area (Å²) in [4.78, 5) is 25.0. The summed E-state index contributed by atoms with van der Waals surface area (Å²) in [7, 11) is 1.59. The lowest BCUT2D eigenvalue weighted by atomic mass is 10.0. The van der Waals surface area contributed by atoms with Crippen LogP contribution in [0.1, 0.15) is 45.0 Å². The van der Waals surface area contributed by atoms with E-state index in [9.17, 15) is 9.59 Å². The molecule has 0 bridgehead atoms. The van der Waals surface area contributed by atoms with Crippen LogP contribution in [-0.4, -0.2) is 49.4 Å². The Balaban J connectivity index is 2.62. The predicted molar refractivity (Wildman–Crippen MR) is 118 cm³/mol. The Bertz CT molecular complexity index is 1000. The van der Waals surface area contributed by atoms with Gasteiger partial charge in [-0.1, -0.05) is 24.3 Å². The highest BCUT2D eigenvalue weighted by Crippen LogP contribution is 2.37. The number of hydrogen-bond donors (Lipinski definition) is 0. The zero-order valence-electron chi connectivity index (χ0n) is 18.6. The number of carbonyl (C=O) groups is 2. The van der Waals surface area contributed by atoms with Gasteiger partial charge in [0.15, 0.2) is 5.70 Å². The smallest absolute Gasteiger partial charge is 0.308 e. The zero-order valence-corrected chi connectivity index (χ0v) is 18.6. The third-order valence-corrected chi connectivity index (χ3v) is 4.83. The summed E-state index contributed by atoms with van der Waals surface area (Å²) in [5, 5.41) is 1.41. The Hall–Kier alpha value is -2.99. The van der Waals surface area contributed by atoms with Gasteiger partial charge >= 0.3 is 5.97 Å². The molecule has 160 valence electrons. The van der Waals surface area contributed by atoms with E-state index in [1.165, 1.54) is 6.92 Å². The molecule has 2 aromatic rings. The van der Waals surface area contributed by atoms with Crippen molar-refractivity contribution in [2.24, 2.45) is 0 Å². The molecule has 0 atom stereocenters. The highest BCUT2D eigenvalue weighted by Gasteiger charge is 2.24. The fourth-order valence-corrected chi connectivity index (χ4v) is 3.08. The van der Waals surface area contributed by atoms with Crippen LogP contribution < -0.4 is 9.47 Å². The van der Waals surface area contributed by atoms with Gasteiger partial charge in [-0.15, -0.1) is 0 Å². The summed E-state index contributed by atoms with van der Waals surface area (Å²) in [6.45, 7) is 10.0. The van der Waals surface area contributed by atoms with Crippen LogP contribution in [0.4, 0.5) is 0 Å². The Kier molecular flexibility index (Phi) is 8.30. The topological polar surface area (TPSA) is 64.8 Å².